The lowest BCUT2D eigenvalue weighted by molar-refractivity contribution is -0.402. The second-order valence-electron chi connectivity index (χ2n) is 4.26. The lowest BCUT2D eigenvalue weighted by Crippen LogP contribution is -2.05. The molecule has 2 rings (SSSR count). The van der Waals surface area contributed by atoms with Crippen molar-refractivity contribution in [2.24, 2.45) is 0 Å². The van der Waals surface area contributed by atoms with E-state index in [0.717, 1.165) is 5.56 Å². The van der Waals surface area contributed by atoms with Crippen LogP contribution in [0.25, 0.3) is 6.08 Å². The van der Waals surface area contributed by atoms with Gasteiger partial charge in [0, 0.05) is 6.08 Å². The Labute approximate surface area is 120 Å². The van der Waals surface area contributed by atoms with Crippen LogP contribution in [-0.4, -0.2) is 10.9 Å². The van der Waals surface area contributed by atoms with E-state index in [1.54, 1.807) is 6.92 Å². The number of hydrogen-bond acceptors (Lipinski definition) is 5. The Morgan fingerprint density at radius 2 is 2.00 bits per heavy atom. The molecule has 0 aliphatic heterocycles. The first kappa shape index (κ1) is 14.5. The molecule has 2 aromatic rings. The van der Waals surface area contributed by atoms with Crippen molar-refractivity contribution in [1.82, 2.24) is 0 Å². The lowest BCUT2D eigenvalue weighted by atomic mass is 10.1. The maximum absolute atomic E-state index is 11.7. The fourth-order valence-electron chi connectivity index (χ4n) is 1.69. The van der Waals surface area contributed by atoms with Crippen LogP contribution in [0.3, 0.4) is 0 Å². The van der Waals surface area contributed by atoms with Gasteiger partial charge < -0.3 is 9.15 Å². The van der Waals surface area contributed by atoms with Crippen LogP contribution in [0.5, 0.6) is 0 Å². The molecule has 21 heavy (non-hydrogen) atoms. The SMILES string of the molecule is C[C@H](OC(=O)/C=C/c1ccc([N+](=O)[O-])o1)c1ccccc1. The van der Waals surface area contributed by atoms with E-state index < -0.39 is 10.9 Å². The summed E-state index contributed by atoms with van der Waals surface area (Å²) in [4.78, 5) is 21.5. The molecule has 0 N–H and O–H groups in total. The van der Waals surface area contributed by atoms with E-state index in [9.17, 15) is 14.9 Å². The molecule has 1 heterocycles. The number of nitrogens with zero attached hydrogens (tertiary/aromatic N) is 1. The molecule has 6 nitrogen and oxygen atoms in total. The molecular formula is C15H13NO5. The number of rotatable bonds is 5. The first-order valence-corrected chi connectivity index (χ1v) is 6.24. The zero-order chi connectivity index (χ0) is 15.2. The number of hydrogen-bond donors (Lipinski definition) is 0. The first-order valence-electron chi connectivity index (χ1n) is 6.24. The fraction of sp³-hybridized carbons (Fsp3) is 0.133. The molecule has 6 heteroatoms. The Morgan fingerprint density at radius 1 is 1.29 bits per heavy atom. The standard InChI is InChI=1S/C15H13NO5/c1-11(12-5-3-2-4-6-12)20-15(17)10-8-13-7-9-14(21-13)16(18)19/h2-11H,1H3/b10-8+/t11-/m0/s1. The molecule has 108 valence electrons. The van der Waals surface area contributed by atoms with Gasteiger partial charge in [0.1, 0.15) is 16.8 Å². The highest BCUT2D eigenvalue weighted by atomic mass is 16.6. The Kier molecular flexibility index (Phi) is 4.50. The monoisotopic (exact) mass is 287 g/mol. The molecule has 1 atom stereocenters. The summed E-state index contributed by atoms with van der Waals surface area (Å²) in [5.41, 5.74) is 0.882. The van der Waals surface area contributed by atoms with Crippen molar-refractivity contribution in [3.8, 4) is 0 Å². The summed E-state index contributed by atoms with van der Waals surface area (Å²) in [5.74, 6) is -0.711. The third-order valence-electron chi connectivity index (χ3n) is 2.74. The zero-order valence-corrected chi connectivity index (χ0v) is 11.3. The van der Waals surface area contributed by atoms with Crippen molar-refractivity contribution < 1.29 is 18.9 Å². The van der Waals surface area contributed by atoms with E-state index in [1.165, 1.54) is 24.3 Å². The molecular weight excluding hydrogens is 274 g/mol. The zero-order valence-electron chi connectivity index (χ0n) is 11.3. The molecule has 0 saturated carbocycles. The second-order valence-corrected chi connectivity index (χ2v) is 4.26. The molecule has 0 spiro atoms. The van der Waals surface area contributed by atoms with Gasteiger partial charge in [-0.15, -0.1) is 0 Å². The van der Waals surface area contributed by atoms with Crippen molar-refractivity contribution in [3.05, 3.63) is 70.0 Å². The van der Waals surface area contributed by atoms with Gasteiger partial charge in [0.25, 0.3) is 0 Å². The Hall–Kier alpha value is -2.89. The Bertz CT molecular complexity index is 660. The minimum atomic E-state index is -0.646. The minimum absolute atomic E-state index is 0.214. The summed E-state index contributed by atoms with van der Waals surface area (Å²) in [6, 6.07) is 11.9. The summed E-state index contributed by atoms with van der Waals surface area (Å²) in [7, 11) is 0. The van der Waals surface area contributed by atoms with Crippen LogP contribution in [0.2, 0.25) is 0 Å². The highest BCUT2D eigenvalue weighted by Crippen LogP contribution is 2.18. The average Bonchev–Trinajstić information content (AvgIpc) is 2.95. The average molecular weight is 287 g/mol. The van der Waals surface area contributed by atoms with Gasteiger partial charge in [0.05, 0.1) is 6.07 Å². The van der Waals surface area contributed by atoms with Gasteiger partial charge in [-0.1, -0.05) is 30.3 Å². The van der Waals surface area contributed by atoms with Crippen LogP contribution >= 0.6 is 0 Å². The highest BCUT2D eigenvalue weighted by Gasteiger charge is 2.11. The van der Waals surface area contributed by atoms with Crippen molar-refractivity contribution in [3.63, 3.8) is 0 Å². The molecule has 0 fully saturated rings. The summed E-state index contributed by atoms with van der Waals surface area (Å²) in [6.07, 6.45) is 2.11. The summed E-state index contributed by atoms with van der Waals surface area (Å²) < 4.78 is 10.1. The second kappa shape index (κ2) is 6.51. The third kappa shape index (κ3) is 4.04. The van der Waals surface area contributed by atoms with Gasteiger partial charge >= 0.3 is 11.9 Å². The van der Waals surface area contributed by atoms with Gasteiger partial charge in [0.2, 0.25) is 0 Å². The van der Waals surface area contributed by atoms with Crippen LogP contribution in [0.4, 0.5) is 5.88 Å². The predicted octanol–water partition coefficient (Wildman–Crippen LogP) is 3.51. The molecule has 1 aromatic carbocycles. The topological polar surface area (TPSA) is 82.6 Å². The normalized spacial score (nSPS) is 12.2. The third-order valence-corrected chi connectivity index (χ3v) is 2.74. The lowest BCUT2D eigenvalue weighted by Gasteiger charge is -2.11. The number of carbonyl (C=O) groups is 1. The number of benzene rings is 1. The number of furan rings is 1. The van der Waals surface area contributed by atoms with Crippen LogP contribution in [0, 0.1) is 10.1 Å². The summed E-state index contributed by atoms with van der Waals surface area (Å²) >= 11 is 0. The number of carbonyl (C=O) groups excluding carboxylic acids is 1. The van der Waals surface area contributed by atoms with E-state index in [4.69, 9.17) is 9.15 Å². The highest BCUT2D eigenvalue weighted by molar-refractivity contribution is 5.86. The minimum Gasteiger partial charge on any atom is -0.455 e. The molecule has 0 bridgehead atoms. The molecule has 0 amide bonds. The number of ether oxygens (including phenoxy) is 1. The van der Waals surface area contributed by atoms with Crippen molar-refractivity contribution in [1.29, 1.82) is 0 Å². The molecule has 0 aliphatic rings. The van der Waals surface area contributed by atoms with E-state index in [1.807, 2.05) is 30.3 Å². The van der Waals surface area contributed by atoms with Crippen LogP contribution in [0.15, 0.2) is 53.0 Å². The van der Waals surface area contributed by atoms with Crippen molar-refractivity contribution in [2.45, 2.75) is 13.0 Å². The summed E-state index contributed by atoms with van der Waals surface area (Å²) in [6.45, 7) is 1.76. The maximum Gasteiger partial charge on any atom is 0.433 e. The maximum atomic E-state index is 11.7. The molecule has 0 unspecified atom stereocenters. The fourth-order valence-corrected chi connectivity index (χ4v) is 1.69. The predicted molar refractivity (Wildman–Crippen MR) is 75.3 cm³/mol. The van der Waals surface area contributed by atoms with Crippen LogP contribution < -0.4 is 0 Å². The van der Waals surface area contributed by atoms with E-state index in [-0.39, 0.29) is 17.7 Å². The van der Waals surface area contributed by atoms with Gasteiger partial charge in [0.15, 0.2) is 0 Å². The molecule has 1 aromatic heterocycles. The number of nitro groups is 1. The summed E-state index contributed by atoms with van der Waals surface area (Å²) in [5, 5.41) is 10.5. The molecule has 0 saturated heterocycles. The first-order chi connectivity index (χ1) is 10.1. The van der Waals surface area contributed by atoms with E-state index in [0.29, 0.717) is 0 Å². The van der Waals surface area contributed by atoms with Gasteiger partial charge in [-0.25, -0.2) is 4.79 Å². The smallest absolute Gasteiger partial charge is 0.433 e. The van der Waals surface area contributed by atoms with Crippen molar-refractivity contribution >= 4 is 17.9 Å². The van der Waals surface area contributed by atoms with Crippen LogP contribution in [0.1, 0.15) is 24.4 Å². The Balaban J connectivity index is 1.94. The number of esters is 1. The Morgan fingerprint density at radius 3 is 2.62 bits per heavy atom. The van der Waals surface area contributed by atoms with Crippen LogP contribution in [-0.2, 0) is 9.53 Å². The van der Waals surface area contributed by atoms with Crippen molar-refractivity contribution in [2.75, 3.05) is 0 Å². The van der Waals surface area contributed by atoms with E-state index in [2.05, 4.69) is 0 Å². The molecule has 0 aliphatic carbocycles. The molecule has 0 radical (unpaired) electrons. The van der Waals surface area contributed by atoms with E-state index >= 15 is 0 Å². The quantitative estimate of drug-likeness (QED) is 0.364. The van der Waals surface area contributed by atoms with Gasteiger partial charge in [-0.3, -0.25) is 10.1 Å². The van der Waals surface area contributed by atoms with Gasteiger partial charge in [-0.05, 0) is 24.6 Å². The largest absolute Gasteiger partial charge is 0.455 e. The van der Waals surface area contributed by atoms with Gasteiger partial charge in [-0.2, -0.15) is 0 Å².